The van der Waals surface area contributed by atoms with Crippen LogP contribution in [0.2, 0.25) is 5.02 Å². The summed E-state index contributed by atoms with van der Waals surface area (Å²) in [6, 6.07) is 14.3. The van der Waals surface area contributed by atoms with Gasteiger partial charge in [-0.25, -0.2) is 8.42 Å². The van der Waals surface area contributed by atoms with Gasteiger partial charge in [0.15, 0.2) is 5.69 Å². The minimum atomic E-state index is -3.87. The van der Waals surface area contributed by atoms with Gasteiger partial charge in [-0.2, -0.15) is 5.10 Å². The van der Waals surface area contributed by atoms with E-state index in [1.807, 2.05) is 0 Å². The molecule has 1 heterocycles. The Balaban J connectivity index is 1.51. The molecule has 0 radical (unpaired) electrons. The molecule has 3 aromatic rings. The van der Waals surface area contributed by atoms with Gasteiger partial charge in [0.2, 0.25) is 0 Å². The van der Waals surface area contributed by atoms with Crippen LogP contribution in [-0.4, -0.2) is 24.5 Å². The van der Waals surface area contributed by atoms with Gasteiger partial charge in [0, 0.05) is 17.3 Å². The summed E-state index contributed by atoms with van der Waals surface area (Å²) in [4.78, 5) is 12.4. The summed E-state index contributed by atoms with van der Waals surface area (Å²) in [7, 11) is -3.87. The highest BCUT2D eigenvalue weighted by molar-refractivity contribution is 7.92. The quantitative estimate of drug-likeness (QED) is 0.565. The molecule has 1 amide bonds. The first-order valence-electron chi connectivity index (χ1n) is 8.66. The van der Waals surface area contributed by atoms with E-state index in [0.717, 1.165) is 18.5 Å². The van der Waals surface area contributed by atoms with Gasteiger partial charge in [-0.1, -0.05) is 29.8 Å². The molecule has 0 atom stereocenters. The van der Waals surface area contributed by atoms with Gasteiger partial charge in [-0.15, -0.1) is 0 Å². The molecule has 1 fully saturated rings. The molecule has 3 N–H and O–H groups in total. The molecule has 2 aromatic carbocycles. The predicted molar refractivity (Wildman–Crippen MR) is 107 cm³/mol. The Labute approximate surface area is 167 Å². The number of hydrogen-bond donors (Lipinski definition) is 3. The molecule has 9 heteroatoms. The molecule has 4 rings (SSSR count). The summed E-state index contributed by atoms with van der Waals surface area (Å²) in [6.07, 6.45) is 2.20. The van der Waals surface area contributed by atoms with E-state index in [1.54, 1.807) is 42.5 Å². The maximum atomic E-state index is 12.6. The third-order valence-electron chi connectivity index (χ3n) is 4.37. The van der Waals surface area contributed by atoms with Crippen LogP contribution in [0.5, 0.6) is 0 Å². The number of nitrogens with one attached hydrogen (secondary N) is 3. The number of halogens is 1. The van der Waals surface area contributed by atoms with E-state index in [4.69, 9.17) is 11.6 Å². The van der Waals surface area contributed by atoms with Gasteiger partial charge in [-0.3, -0.25) is 14.6 Å². The second-order valence-electron chi connectivity index (χ2n) is 6.55. The lowest BCUT2D eigenvalue weighted by Gasteiger charge is -2.11. The van der Waals surface area contributed by atoms with Crippen LogP contribution in [0.1, 0.15) is 34.9 Å². The van der Waals surface area contributed by atoms with Gasteiger partial charge in [-0.05, 0) is 49.2 Å². The number of amides is 1. The van der Waals surface area contributed by atoms with E-state index in [1.165, 1.54) is 12.1 Å². The van der Waals surface area contributed by atoms with E-state index in [0.29, 0.717) is 16.6 Å². The smallest absolute Gasteiger partial charge is 0.276 e. The maximum absolute atomic E-state index is 12.6. The number of anilines is 2. The highest BCUT2D eigenvalue weighted by Gasteiger charge is 2.26. The highest BCUT2D eigenvalue weighted by atomic mass is 35.5. The fraction of sp³-hybridized carbons (Fsp3) is 0.158. The standard InChI is InChI=1S/C19H17ClN4O3S/c20-15-6-1-2-7-16(15)24-28(26,27)14-5-3-4-13(10-14)21-19(25)18-11-17(22-23-18)12-8-9-12/h1-7,10-12,24H,8-9H2,(H,21,25)(H,22,23). The third kappa shape index (κ3) is 4.02. The number of para-hydroxylation sites is 1. The van der Waals surface area contributed by atoms with Crippen LogP contribution >= 0.6 is 11.6 Å². The summed E-state index contributed by atoms with van der Waals surface area (Å²) in [5.41, 5.74) is 1.85. The Morgan fingerprint density at radius 1 is 1.11 bits per heavy atom. The fourth-order valence-electron chi connectivity index (χ4n) is 2.74. The first-order chi connectivity index (χ1) is 13.4. The van der Waals surface area contributed by atoms with Crippen molar-refractivity contribution in [1.29, 1.82) is 0 Å². The molecular weight excluding hydrogens is 400 g/mol. The number of carbonyl (C=O) groups excluding carboxylic acids is 1. The zero-order valence-electron chi connectivity index (χ0n) is 14.6. The monoisotopic (exact) mass is 416 g/mol. The number of H-pyrrole nitrogens is 1. The van der Waals surface area contributed by atoms with Crippen LogP contribution in [-0.2, 0) is 10.0 Å². The molecule has 0 saturated heterocycles. The molecule has 7 nitrogen and oxygen atoms in total. The minimum Gasteiger partial charge on any atom is -0.321 e. The number of nitrogens with zero attached hydrogens (tertiary/aromatic N) is 1. The minimum absolute atomic E-state index is 0.00548. The summed E-state index contributed by atoms with van der Waals surface area (Å²) in [5.74, 6) is 0.0511. The second-order valence-corrected chi connectivity index (χ2v) is 8.64. The summed E-state index contributed by atoms with van der Waals surface area (Å²) in [6.45, 7) is 0. The molecule has 1 aromatic heterocycles. The van der Waals surface area contributed by atoms with Crippen molar-refractivity contribution in [3.63, 3.8) is 0 Å². The average molecular weight is 417 g/mol. The first-order valence-corrected chi connectivity index (χ1v) is 10.5. The lowest BCUT2D eigenvalue weighted by molar-refractivity contribution is 0.102. The van der Waals surface area contributed by atoms with Gasteiger partial charge < -0.3 is 5.32 Å². The molecule has 0 aliphatic heterocycles. The van der Waals surface area contributed by atoms with E-state index < -0.39 is 15.9 Å². The van der Waals surface area contributed by atoms with E-state index in [9.17, 15) is 13.2 Å². The Bertz CT molecular complexity index is 1140. The molecular formula is C19H17ClN4O3S. The van der Waals surface area contributed by atoms with Crippen molar-refractivity contribution in [2.24, 2.45) is 0 Å². The van der Waals surface area contributed by atoms with Gasteiger partial charge in [0.1, 0.15) is 0 Å². The van der Waals surface area contributed by atoms with Crippen LogP contribution in [0, 0.1) is 0 Å². The Hall–Kier alpha value is -2.84. The van der Waals surface area contributed by atoms with Crippen LogP contribution in [0.3, 0.4) is 0 Å². The number of hydrogen-bond acceptors (Lipinski definition) is 4. The normalized spacial score (nSPS) is 13.9. The Morgan fingerprint density at radius 2 is 1.89 bits per heavy atom. The molecule has 28 heavy (non-hydrogen) atoms. The van der Waals surface area contributed by atoms with Crippen molar-refractivity contribution >= 4 is 38.9 Å². The topological polar surface area (TPSA) is 104 Å². The van der Waals surface area contributed by atoms with Gasteiger partial charge in [0.25, 0.3) is 15.9 Å². The third-order valence-corrected chi connectivity index (χ3v) is 6.06. The van der Waals surface area contributed by atoms with E-state index >= 15 is 0 Å². The van der Waals surface area contributed by atoms with E-state index in [2.05, 4.69) is 20.2 Å². The van der Waals surface area contributed by atoms with Gasteiger partial charge >= 0.3 is 0 Å². The summed E-state index contributed by atoms with van der Waals surface area (Å²) in [5, 5.41) is 9.87. The van der Waals surface area contributed by atoms with Crippen molar-refractivity contribution in [2.75, 3.05) is 10.0 Å². The summed E-state index contributed by atoms with van der Waals surface area (Å²) < 4.78 is 27.7. The maximum Gasteiger partial charge on any atom is 0.276 e. The first kappa shape index (κ1) is 18.5. The van der Waals surface area contributed by atoms with Crippen molar-refractivity contribution < 1.29 is 13.2 Å². The average Bonchev–Trinajstić information content (AvgIpc) is 3.40. The van der Waals surface area contributed by atoms with Crippen molar-refractivity contribution in [2.45, 2.75) is 23.7 Å². The molecule has 144 valence electrons. The largest absolute Gasteiger partial charge is 0.321 e. The molecule has 1 aliphatic carbocycles. The second kappa shape index (κ2) is 7.29. The van der Waals surface area contributed by atoms with Crippen molar-refractivity contribution in [1.82, 2.24) is 10.2 Å². The van der Waals surface area contributed by atoms with Crippen molar-refractivity contribution in [3.05, 3.63) is 71.0 Å². The molecule has 0 spiro atoms. The number of benzene rings is 2. The van der Waals surface area contributed by atoms with Crippen LogP contribution in [0.15, 0.2) is 59.5 Å². The zero-order chi connectivity index (χ0) is 19.7. The lowest BCUT2D eigenvalue weighted by Crippen LogP contribution is -2.15. The SMILES string of the molecule is O=C(Nc1cccc(S(=O)(=O)Nc2ccccc2Cl)c1)c1cc(C2CC2)[nH]n1. The molecule has 0 unspecified atom stereocenters. The predicted octanol–water partition coefficient (Wildman–Crippen LogP) is 3.99. The van der Waals surface area contributed by atoms with Crippen LogP contribution in [0.4, 0.5) is 11.4 Å². The van der Waals surface area contributed by atoms with E-state index in [-0.39, 0.29) is 16.3 Å². The fourth-order valence-corrected chi connectivity index (χ4v) is 4.10. The van der Waals surface area contributed by atoms with Crippen LogP contribution < -0.4 is 10.0 Å². The Morgan fingerprint density at radius 3 is 2.64 bits per heavy atom. The number of sulfonamides is 1. The zero-order valence-corrected chi connectivity index (χ0v) is 16.2. The Kier molecular flexibility index (Phi) is 4.82. The number of rotatable bonds is 6. The number of aromatic nitrogens is 2. The number of aromatic amines is 1. The van der Waals surface area contributed by atoms with Crippen LogP contribution in [0.25, 0.3) is 0 Å². The highest BCUT2D eigenvalue weighted by Crippen LogP contribution is 2.39. The lowest BCUT2D eigenvalue weighted by atomic mass is 10.2. The van der Waals surface area contributed by atoms with Gasteiger partial charge in [0.05, 0.1) is 15.6 Å². The summed E-state index contributed by atoms with van der Waals surface area (Å²) >= 11 is 6.02. The molecule has 1 aliphatic rings. The molecule has 1 saturated carbocycles. The number of carbonyl (C=O) groups is 1. The van der Waals surface area contributed by atoms with Crippen molar-refractivity contribution in [3.8, 4) is 0 Å². The molecule has 0 bridgehead atoms.